The number of ether oxygens (including phenoxy) is 1. The van der Waals surface area contributed by atoms with Crippen molar-refractivity contribution >= 4 is 17.7 Å². The highest BCUT2D eigenvalue weighted by Crippen LogP contribution is 2.24. The molecule has 1 aromatic rings. The fourth-order valence-electron chi connectivity index (χ4n) is 1.66. The van der Waals surface area contributed by atoms with Gasteiger partial charge >= 0.3 is 0 Å². The van der Waals surface area contributed by atoms with E-state index in [1.165, 1.54) is 13.1 Å². The lowest BCUT2D eigenvalue weighted by molar-refractivity contribution is 0.101. The van der Waals surface area contributed by atoms with Gasteiger partial charge in [-0.05, 0) is 31.5 Å². The maximum atomic E-state index is 11.7. The summed E-state index contributed by atoms with van der Waals surface area (Å²) in [5, 5.41) is 13.2. The Morgan fingerprint density at radius 2 is 2.20 bits per heavy atom. The number of allylic oxidation sites excluding steroid dienone is 1. The maximum Gasteiger partial charge on any atom is 0.163 e. The van der Waals surface area contributed by atoms with Crippen LogP contribution in [0.1, 0.15) is 30.6 Å². The first kappa shape index (κ1) is 15.8. The predicted molar refractivity (Wildman–Crippen MR) is 81.8 cm³/mol. The average Bonchev–Trinajstić information content (AvgIpc) is 2.45. The van der Waals surface area contributed by atoms with Crippen molar-refractivity contribution in [2.45, 2.75) is 20.3 Å². The van der Waals surface area contributed by atoms with Gasteiger partial charge in [-0.3, -0.25) is 4.79 Å². The number of hydrogen-bond acceptors (Lipinski definition) is 5. The van der Waals surface area contributed by atoms with E-state index in [1.807, 2.05) is 13.0 Å². The first-order chi connectivity index (χ1) is 9.62. The Kier molecular flexibility index (Phi) is 6.29. The SMILES string of the molecule is CCCOc1ccc(N/C(C=N)=C/NC)cc1C(C)=O. The monoisotopic (exact) mass is 275 g/mol. The molecule has 0 saturated heterocycles. The van der Waals surface area contributed by atoms with E-state index in [0.29, 0.717) is 23.6 Å². The molecule has 0 atom stereocenters. The molecule has 0 radical (unpaired) electrons. The second kappa shape index (κ2) is 7.99. The van der Waals surface area contributed by atoms with Crippen molar-refractivity contribution in [2.24, 2.45) is 0 Å². The zero-order valence-electron chi connectivity index (χ0n) is 12.1. The van der Waals surface area contributed by atoms with Crippen LogP contribution >= 0.6 is 0 Å². The van der Waals surface area contributed by atoms with Crippen LogP contribution in [0.25, 0.3) is 0 Å². The van der Waals surface area contributed by atoms with Crippen LogP contribution in [0.3, 0.4) is 0 Å². The zero-order valence-corrected chi connectivity index (χ0v) is 12.1. The highest BCUT2D eigenvalue weighted by Gasteiger charge is 2.10. The molecule has 5 nitrogen and oxygen atoms in total. The molecule has 0 heterocycles. The number of anilines is 1. The summed E-state index contributed by atoms with van der Waals surface area (Å²) in [6.45, 7) is 4.11. The minimum Gasteiger partial charge on any atom is -0.493 e. The minimum absolute atomic E-state index is 0.0475. The molecule has 0 bridgehead atoms. The maximum absolute atomic E-state index is 11.7. The van der Waals surface area contributed by atoms with Crippen LogP contribution in [0.4, 0.5) is 5.69 Å². The van der Waals surface area contributed by atoms with E-state index in [0.717, 1.165) is 12.1 Å². The summed E-state index contributed by atoms with van der Waals surface area (Å²) in [4.78, 5) is 11.7. The van der Waals surface area contributed by atoms with Crippen LogP contribution in [-0.2, 0) is 0 Å². The lowest BCUT2D eigenvalue weighted by Gasteiger charge is -2.12. The van der Waals surface area contributed by atoms with Crippen LogP contribution in [0.2, 0.25) is 0 Å². The Bertz CT molecular complexity index is 510. The van der Waals surface area contributed by atoms with Crippen molar-refractivity contribution in [3.63, 3.8) is 0 Å². The number of nitrogens with one attached hydrogen (secondary N) is 3. The Morgan fingerprint density at radius 3 is 2.75 bits per heavy atom. The van der Waals surface area contributed by atoms with Gasteiger partial charge in [-0.15, -0.1) is 0 Å². The van der Waals surface area contributed by atoms with Gasteiger partial charge in [0.2, 0.25) is 0 Å². The van der Waals surface area contributed by atoms with E-state index in [-0.39, 0.29) is 5.78 Å². The van der Waals surface area contributed by atoms with E-state index in [1.54, 1.807) is 25.4 Å². The summed E-state index contributed by atoms with van der Waals surface area (Å²) in [6, 6.07) is 5.33. The van der Waals surface area contributed by atoms with Crippen LogP contribution in [-0.4, -0.2) is 25.7 Å². The van der Waals surface area contributed by atoms with Gasteiger partial charge in [0.15, 0.2) is 5.78 Å². The molecule has 0 unspecified atom stereocenters. The van der Waals surface area contributed by atoms with E-state index in [4.69, 9.17) is 10.1 Å². The van der Waals surface area contributed by atoms with E-state index in [9.17, 15) is 4.79 Å². The Hall–Kier alpha value is -2.30. The molecule has 0 fully saturated rings. The van der Waals surface area contributed by atoms with Crippen molar-refractivity contribution in [1.29, 1.82) is 5.41 Å². The van der Waals surface area contributed by atoms with Crippen LogP contribution in [0.5, 0.6) is 5.75 Å². The molecule has 0 aliphatic heterocycles. The van der Waals surface area contributed by atoms with Crippen LogP contribution in [0, 0.1) is 5.41 Å². The molecule has 1 rings (SSSR count). The molecular formula is C15H21N3O2. The first-order valence-corrected chi connectivity index (χ1v) is 6.55. The normalized spacial score (nSPS) is 10.8. The second-order valence-electron chi connectivity index (χ2n) is 4.27. The third-order valence-electron chi connectivity index (χ3n) is 2.56. The summed E-state index contributed by atoms with van der Waals surface area (Å²) in [7, 11) is 1.76. The quantitative estimate of drug-likeness (QED) is 0.504. The summed E-state index contributed by atoms with van der Waals surface area (Å²) >= 11 is 0. The standard InChI is InChI=1S/C15H21N3O2/c1-4-7-20-15-6-5-12(8-14(15)11(2)19)18-13(9-16)10-17-3/h5-6,8-10,16-18H,4,7H2,1-3H3/b13-10+,16-9?. The molecule has 3 N–H and O–H groups in total. The van der Waals surface area contributed by atoms with Gasteiger partial charge in [0, 0.05) is 25.1 Å². The van der Waals surface area contributed by atoms with Crippen LogP contribution in [0.15, 0.2) is 30.1 Å². The second-order valence-corrected chi connectivity index (χ2v) is 4.27. The van der Waals surface area contributed by atoms with Crippen LogP contribution < -0.4 is 15.4 Å². The fourth-order valence-corrected chi connectivity index (χ4v) is 1.66. The largest absolute Gasteiger partial charge is 0.493 e. The summed E-state index contributed by atoms with van der Waals surface area (Å²) < 4.78 is 5.56. The molecule has 0 aliphatic carbocycles. The third kappa shape index (κ3) is 4.42. The van der Waals surface area contributed by atoms with Crippen molar-refractivity contribution < 1.29 is 9.53 Å². The highest BCUT2D eigenvalue weighted by molar-refractivity contribution is 5.98. The molecule has 0 spiro atoms. The minimum atomic E-state index is -0.0475. The van der Waals surface area contributed by atoms with Gasteiger partial charge in [0.1, 0.15) is 5.75 Å². The Labute approximate surface area is 119 Å². The van der Waals surface area contributed by atoms with Gasteiger partial charge in [-0.2, -0.15) is 0 Å². The zero-order chi connectivity index (χ0) is 15.0. The molecule has 0 amide bonds. The number of benzene rings is 1. The highest BCUT2D eigenvalue weighted by atomic mass is 16.5. The molecule has 0 saturated carbocycles. The van der Waals surface area contributed by atoms with Crippen molar-refractivity contribution in [1.82, 2.24) is 5.32 Å². The molecule has 108 valence electrons. The molecule has 0 aliphatic rings. The number of carbonyl (C=O) groups is 1. The average molecular weight is 275 g/mol. The topological polar surface area (TPSA) is 74.2 Å². The summed E-state index contributed by atoms with van der Waals surface area (Å²) in [6.07, 6.45) is 3.76. The van der Waals surface area contributed by atoms with E-state index >= 15 is 0 Å². The number of Topliss-reactive ketones (excluding diaryl/α,β-unsaturated/α-hetero) is 1. The molecule has 20 heavy (non-hydrogen) atoms. The van der Waals surface area contributed by atoms with E-state index < -0.39 is 0 Å². The smallest absolute Gasteiger partial charge is 0.163 e. The third-order valence-corrected chi connectivity index (χ3v) is 2.56. The van der Waals surface area contributed by atoms with E-state index in [2.05, 4.69) is 10.6 Å². The lowest BCUT2D eigenvalue weighted by atomic mass is 10.1. The molecule has 1 aromatic carbocycles. The number of hydrogen-bond donors (Lipinski definition) is 3. The molecule has 0 aromatic heterocycles. The van der Waals surface area contributed by atoms with Gasteiger partial charge < -0.3 is 20.8 Å². The van der Waals surface area contributed by atoms with Gasteiger partial charge in [-0.1, -0.05) is 6.92 Å². The van der Waals surface area contributed by atoms with Crippen molar-refractivity contribution in [3.05, 3.63) is 35.7 Å². The van der Waals surface area contributed by atoms with Gasteiger partial charge in [-0.25, -0.2) is 0 Å². The Balaban J connectivity index is 3.00. The summed E-state index contributed by atoms with van der Waals surface area (Å²) in [5.41, 5.74) is 1.88. The Morgan fingerprint density at radius 1 is 1.45 bits per heavy atom. The van der Waals surface area contributed by atoms with Crippen molar-refractivity contribution in [2.75, 3.05) is 19.0 Å². The number of rotatable bonds is 8. The van der Waals surface area contributed by atoms with Gasteiger partial charge in [0.25, 0.3) is 0 Å². The number of ketones is 1. The first-order valence-electron chi connectivity index (χ1n) is 6.55. The molecule has 5 heteroatoms. The fraction of sp³-hybridized carbons (Fsp3) is 0.333. The molecular weight excluding hydrogens is 254 g/mol. The van der Waals surface area contributed by atoms with Gasteiger partial charge in [0.05, 0.1) is 17.9 Å². The lowest BCUT2D eigenvalue weighted by Crippen LogP contribution is -2.07. The predicted octanol–water partition coefficient (Wildman–Crippen LogP) is 2.80. The summed E-state index contributed by atoms with van der Waals surface area (Å²) in [5.74, 6) is 0.549. The number of carbonyl (C=O) groups excluding carboxylic acids is 1. The van der Waals surface area contributed by atoms with Crippen molar-refractivity contribution in [3.8, 4) is 5.75 Å².